The molecule has 0 aliphatic carbocycles. The fourth-order valence-corrected chi connectivity index (χ4v) is 2.42. The molecule has 0 amide bonds. The molecule has 0 aliphatic rings. The van der Waals surface area contributed by atoms with Gasteiger partial charge in [0.25, 0.3) is 10.1 Å². The maximum absolute atomic E-state index is 10.6. The van der Waals surface area contributed by atoms with Gasteiger partial charge in [0.1, 0.15) is 12.4 Å². The molecule has 2 aromatic heterocycles. The molecule has 20 heavy (non-hydrogen) atoms. The average Bonchev–Trinajstić information content (AvgIpc) is 2.84. The zero-order valence-electron chi connectivity index (χ0n) is 11.1. The maximum Gasteiger partial charge on any atom is 0.265 e. The molecule has 0 unspecified atom stereocenters. The van der Waals surface area contributed by atoms with Crippen molar-refractivity contribution < 1.29 is 17.5 Å². The number of aromatic nitrogens is 3. The fourth-order valence-electron chi connectivity index (χ4n) is 1.92. The smallest absolute Gasteiger partial charge is 0.265 e. The molecule has 2 rings (SSSR count). The standard InChI is InChI=1S/C13H17N3O3S/c17-20(18,19)11-3-7-15-9-10-16(12-15)8-5-13-4-1-2-6-14-13/h1-2,4,6,9-10,12H,3,5,7-8,11H2/p+1. The first-order valence-corrected chi connectivity index (χ1v) is 8.04. The zero-order valence-corrected chi connectivity index (χ0v) is 11.9. The lowest BCUT2D eigenvalue weighted by molar-refractivity contribution is -0.696. The van der Waals surface area contributed by atoms with Crippen LogP contribution in [0.3, 0.4) is 0 Å². The largest absolute Gasteiger partial charge is 0.286 e. The molecule has 6 nitrogen and oxygen atoms in total. The molecule has 0 atom stereocenters. The van der Waals surface area contributed by atoms with Crippen LogP contribution < -0.4 is 4.57 Å². The van der Waals surface area contributed by atoms with Gasteiger partial charge in [0.2, 0.25) is 6.33 Å². The molecule has 0 radical (unpaired) electrons. The van der Waals surface area contributed by atoms with Gasteiger partial charge in [0.15, 0.2) is 0 Å². The van der Waals surface area contributed by atoms with Crippen molar-refractivity contribution in [3.63, 3.8) is 0 Å². The van der Waals surface area contributed by atoms with Crippen LogP contribution in [0.2, 0.25) is 0 Å². The van der Waals surface area contributed by atoms with Crippen LogP contribution in [-0.2, 0) is 29.6 Å². The average molecular weight is 296 g/mol. The molecule has 7 heteroatoms. The van der Waals surface area contributed by atoms with Crippen LogP contribution in [0, 0.1) is 0 Å². The van der Waals surface area contributed by atoms with E-state index in [1.165, 1.54) is 0 Å². The molecule has 0 saturated carbocycles. The van der Waals surface area contributed by atoms with Crippen LogP contribution in [0.1, 0.15) is 12.1 Å². The lowest BCUT2D eigenvalue weighted by atomic mass is 10.3. The van der Waals surface area contributed by atoms with Crippen molar-refractivity contribution in [3.8, 4) is 0 Å². The Morgan fingerprint density at radius 1 is 1.35 bits per heavy atom. The summed E-state index contributed by atoms with van der Waals surface area (Å²) in [5.74, 6) is -0.209. The first kappa shape index (κ1) is 14.7. The Kier molecular flexibility index (Phi) is 4.86. The third-order valence-corrected chi connectivity index (χ3v) is 3.72. The first-order chi connectivity index (χ1) is 9.53. The summed E-state index contributed by atoms with van der Waals surface area (Å²) >= 11 is 0. The van der Waals surface area contributed by atoms with Crippen molar-refractivity contribution in [2.75, 3.05) is 5.75 Å². The van der Waals surface area contributed by atoms with E-state index in [1.807, 2.05) is 46.1 Å². The van der Waals surface area contributed by atoms with Gasteiger partial charge in [-0.05, 0) is 12.1 Å². The first-order valence-electron chi connectivity index (χ1n) is 6.43. The van der Waals surface area contributed by atoms with E-state index in [1.54, 1.807) is 6.20 Å². The van der Waals surface area contributed by atoms with Crippen LogP contribution in [-0.4, -0.2) is 28.3 Å². The molecule has 2 heterocycles. The fraction of sp³-hybridized carbons (Fsp3) is 0.385. The molecule has 0 spiro atoms. The Hall–Kier alpha value is -1.73. The lowest BCUT2D eigenvalue weighted by Gasteiger charge is -1.97. The van der Waals surface area contributed by atoms with E-state index < -0.39 is 10.1 Å². The molecule has 0 bridgehead atoms. The van der Waals surface area contributed by atoms with Gasteiger partial charge in [-0.1, -0.05) is 6.07 Å². The van der Waals surface area contributed by atoms with E-state index in [9.17, 15) is 8.42 Å². The maximum atomic E-state index is 10.6. The third-order valence-electron chi connectivity index (χ3n) is 2.92. The highest BCUT2D eigenvalue weighted by Crippen LogP contribution is 1.97. The monoisotopic (exact) mass is 296 g/mol. The van der Waals surface area contributed by atoms with E-state index in [0.29, 0.717) is 13.0 Å². The topological polar surface area (TPSA) is 76.1 Å². The molecule has 108 valence electrons. The second-order valence-electron chi connectivity index (χ2n) is 4.60. The second-order valence-corrected chi connectivity index (χ2v) is 6.17. The van der Waals surface area contributed by atoms with Crippen LogP contribution in [0.25, 0.3) is 0 Å². The van der Waals surface area contributed by atoms with Gasteiger partial charge in [-0.2, -0.15) is 8.42 Å². The molecular weight excluding hydrogens is 278 g/mol. The summed E-state index contributed by atoms with van der Waals surface area (Å²) in [5, 5.41) is 0. The SMILES string of the molecule is O=S(=O)(O)CCC[n+]1ccn(CCc2ccccn2)c1. The van der Waals surface area contributed by atoms with Crippen molar-refractivity contribution in [1.29, 1.82) is 0 Å². The summed E-state index contributed by atoms with van der Waals surface area (Å²) in [6, 6.07) is 5.85. The van der Waals surface area contributed by atoms with E-state index in [0.717, 1.165) is 18.7 Å². The summed E-state index contributed by atoms with van der Waals surface area (Å²) in [7, 11) is -3.86. The Labute approximate surface area is 118 Å². The van der Waals surface area contributed by atoms with Crippen molar-refractivity contribution >= 4 is 10.1 Å². The van der Waals surface area contributed by atoms with Gasteiger partial charge in [-0.25, -0.2) is 9.13 Å². The molecular formula is C13H18N3O3S+. The quantitative estimate of drug-likeness (QED) is 0.602. The van der Waals surface area contributed by atoms with Gasteiger partial charge in [-0.3, -0.25) is 9.54 Å². The van der Waals surface area contributed by atoms with Crippen LogP contribution in [0.15, 0.2) is 43.1 Å². The molecule has 0 aromatic carbocycles. The normalized spacial score (nSPS) is 11.7. The van der Waals surface area contributed by atoms with Crippen LogP contribution in [0.5, 0.6) is 0 Å². The number of imidazole rings is 1. The number of rotatable bonds is 7. The lowest BCUT2D eigenvalue weighted by Crippen LogP contribution is -2.32. The van der Waals surface area contributed by atoms with Crippen molar-refractivity contribution in [1.82, 2.24) is 9.55 Å². The van der Waals surface area contributed by atoms with Gasteiger partial charge in [-0.15, -0.1) is 0 Å². The highest BCUT2D eigenvalue weighted by molar-refractivity contribution is 7.85. The van der Waals surface area contributed by atoms with Gasteiger partial charge in [0, 0.05) is 24.7 Å². The molecule has 2 aromatic rings. The molecule has 1 N–H and O–H groups in total. The minimum atomic E-state index is -3.86. The number of pyridine rings is 1. The van der Waals surface area contributed by atoms with Crippen LogP contribution >= 0.6 is 0 Å². The molecule has 0 fully saturated rings. The Bertz CT molecular complexity index is 638. The van der Waals surface area contributed by atoms with Crippen LogP contribution in [0.4, 0.5) is 0 Å². The predicted octanol–water partition coefficient (Wildman–Crippen LogP) is 0.691. The minimum absolute atomic E-state index is 0.209. The Balaban J connectivity index is 1.80. The Morgan fingerprint density at radius 2 is 2.20 bits per heavy atom. The van der Waals surface area contributed by atoms with Gasteiger partial charge < -0.3 is 0 Å². The number of nitrogens with zero attached hydrogens (tertiary/aromatic N) is 3. The van der Waals surface area contributed by atoms with Gasteiger partial charge in [0.05, 0.1) is 18.8 Å². The predicted molar refractivity (Wildman–Crippen MR) is 73.6 cm³/mol. The van der Waals surface area contributed by atoms with E-state index in [2.05, 4.69) is 4.98 Å². The number of hydrogen-bond donors (Lipinski definition) is 1. The van der Waals surface area contributed by atoms with E-state index in [4.69, 9.17) is 4.55 Å². The molecule has 0 saturated heterocycles. The second kappa shape index (κ2) is 6.62. The molecule has 0 aliphatic heterocycles. The van der Waals surface area contributed by atoms with E-state index in [-0.39, 0.29) is 5.75 Å². The highest BCUT2D eigenvalue weighted by Gasteiger charge is 2.08. The zero-order chi connectivity index (χ0) is 14.4. The van der Waals surface area contributed by atoms with E-state index >= 15 is 0 Å². The van der Waals surface area contributed by atoms with Crippen molar-refractivity contribution in [3.05, 3.63) is 48.8 Å². The summed E-state index contributed by atoms with van der Waals surface area (Å²) in [6.45, 7) is 1.39. The number of aryl methyl sites for hydroxylation is 3. The number of hydrogen-bond acceptors (Lipinski definition) is 3. The summed E-state index contributed by atoms with van der Waals surface area (Å²) in [4.78, 5) is 4.26. The minimum Gasteiger partial charge on any atom is -0.286 e. The summed E-state index contributed by atoms with van der Waals surface area (Å²) < 4.78 is 33.8. The van der Waals surface area contributed by atoms with Crippen molar-refractivity contribution in [2.45, 2.75) is 25.9 Å². The summed E-state index contributed by atoms with van der Waals surface area (Å²) in [5.41, 5.74) is 1.04. The van der Waals surface area contributed by atoms with Crippen molar-refractivity contribution in [2.24, 2.45) is 0 Å². The highest BCUT2D eigenvalue weighted by atomic mass is 32.2. The third kappa shape index (κ3) is 5.10. The summed E-state index contributed by atoms with van der Waals surface area (Å²) in [6.07, 6.45) is 8.78. The Morgan fingerprint density at radius 3 is 2.90 bits per heavy atom. The van der Waals surface area contributed by atoms with Gasteiger partial charge >= 0.3 is 0 Å².